The lowest BCUT2D eigenvalue weighted by Gasteiger charge is -2.09. The molecule has 3 atom stereocenters. The van der Waals surface area contributed by atoms with E-state index in [1.807, 2.05) is 6.92 Å². The molecule has 0 bridgehead atoms. The van der Waals surface area contributed by atoms with Crippen molar-refractivity contribution in [2.24, 2.45) is 5.41 Å². The van der Waals surface area contributed by atoms with Crippen LogP contribution in [0.4, 0.5) is 0 Å². The standard InChI is InChI=1S/C18H18O5S/c1-12-7-9-14(10-8-12)24(22,23)16-15(13-5-3-2-4-6-13)18(16,11-19)17(20)21/h2-10,15-16,19H,11H2,1H3,(H,20,21)/t15-,16-,18+/m1/s1. The van der Waals surface area contributed by atoms with Gasteiger partial charge in [0.15, 0.2) is 9.84 Å². The van der Waals surface area contributed by atoms with Gasteiger partial charge in [-0.15, -0.1) is 0 Å². The van der Waals surface area contributed by atoms with Crippen LogP contribution in [0.25, 0.3) is 0 Å². The number of carboxylic acids is 1. The van der Waals surface area contributed by atoms with Gasteiger partial charge in [0, 0.05) is 5.92 Å². The SMILES string of the molecule is Cc1ccc(S(=O)(=O)[C@@H]2[C@@H](c3ccccc3)[C@]2(CO)C(=O)O)cc1. The number of aliphatic carboxylic acids is 1. The minimum absolute atomic E-state index is 0.0793. The summed E-state index contributed by atoms with van der Waals surface area (Å²) in [6, 6.07) is 14.9. The lowest BCUT2D eigenvalue weighted by atomic mass is 10.0. The minimum atomic E-state index is -3.89. The summed E-state index contributed by atoms with van der Waals surface area (Å²) in [6.45, 7) is 1.12. The van der Waals surface area contributed by atoms with Gasteiger partial charge in [-0.2, -0.15) is 0 Å². The molecule has 1 fully saturated rings. The summed E-state index contributed by atoms with van der Waals surface area (Å²) >= 11 is 0. The molecule has 1 aliphatic rings. The second-order valence-corrected chi connectivity index (χ2v) is 8.24. The molecule has 24 heavy (non-hydrogen) atoms. The van der Waals surface area contributed by atoms with Gasteiger partial charge in [-0.25, -0.2) is 8.42 Å². The van der Waals surface area contributed by atoms with Crippen molar-refractivity contribution < 1.29 is 23.4 Å². The summed E-state index contributed by atoms with van der Waals surface area (Å²) in [5.41, 5.74) is -0.184. The van der Waals surface area contributed by atoms with Gasteiger partial charge in [0.1, 0.15) is 5.41 Å². The maximum Gasteiger partial charge on any atom is 0.314 e. The number of hydrogen-bond acceptors (Lipinski definition) is 4. The summed E-state index contributed by atoms with van der Waals surface area (Å²) in [4.78, 5) is 11.9. The molecule has 0 amide bonds. The Hall–Kier alpha value is -2.18. The van der Waals surface area contributed by atoms with Gasteiger partial charge >= 0.3 is 5.97 Å². The second kappa shape index (κ2) is 5.72. The Labute approximate surface area is 140 Å². The molecule has 0 unspecified atom stereocenters. The first kappa shape index (κ1) is 16.7. The van der Waals surface area contributed by atoms with Crippen molar-refractivity contribution in [3.8, 4) is 0 Å². The van der Waals surface area contributed by atoms with E-state index in [-0.39, 0.29) is 4.90 Å². The molecule has 0 radical (unpaired) electrons. The molecular formula is C18H18O5S. The van der Waals surface area contributed by atoms with Gasteiger partial charge in [0.05, 0.1) is 16.8 Å². The normalized spacial score (nSPS) is 26.1. The van der Waals surface area contributed by atoms with Crippen molar-refractivity contribution in [2.75, 3.05) is 6.61 Å². The maximum absolute atomic E-state index is 13.0. The summed E-state index contributed by atoms with van der Waals surface area (Å²) in [5.74, 6) is -2.06. The first-order valence-electron chi connectivity index (χ1n) is 7.55. The number of aliphatic hydroxyl groups is 1. The Balaban J connectivity index is 2.11. The van der Waals surface area contributed by atoms with Crippen molar-refractivity contribution in [2.45, 2.75) is 23.0 Å². The highest BCUT2D eigenvalue weighted by atomic mass is 32.2. The fourth-order valence-corrected chi connectivity index (χ4v) is 5.74. The highest BCUT2D eigenvalue weighted by molar-refractivity contribution is 7.92. The van der Waals surface area contributed by atoms with Crippen molar-refractivity contribution in [1.29, 1.82) is 0 Å². The van der Waals surface area contributed by atoms with E-state index < -0.39 is 39.0 Å². The summed E-state index contributed by atoms with van der Waals surface area (Å²) in [7, 11) is -3.89. The van der Waals surface area contributed by atoms with Crippen molar-refractivity contribution >= 4 is 15.8 Å². The number of aryl methyl sites for hydroxylation is 1. The molecule has 1 saturated carbocycles. The lowest BCUT2D eigenvalue weighted by Crippen LogP contribution is -2.27. The summed E-state index contributed by atoms with van der Waals surface area (Å²) in [5, 5.41) is 18.2. The lowest BCUT2D eigenvalue weighted by molar-refractivity contribution is -0.145. The largest absolute Gasteiger partial charge is 0.481 e. The van der Waals surface area contributed by atoms with Crippen LogP contribution in [0.5, 0.6) is 0 Å². The second-order valence-electron chi connectivity index (χ2n) is 6.17. The molecule has 2 aromatic rings. The average Bonchev–Trinajstić information content (AvgIpc) is 3.28. The van der Waals surface area contributed by atoms with E-state index in [0.717, 1.165) is 5.56 Å². The van der Waals surface area contributed by atoms with Crippen LogP contribution < -0.4 is 0 Å². The van der Waals surface area contributed by atoms with E-state index in [2.05, 4.69) is 0 Å². The zero-order valence-electron chi connectivity index (χ0n) is 13.1. The van der Waals surface area contributed by atoms with E-state index in [9.17, 15) is 23.4 Å². The fourth-order valence-electron chi connectivity index (χ4n) is 3.38. The van der Waals surface area contributed by atoms with Crippen LogP contribution in [0.1, 0.15) is 17.0 Å². The molecule has 0 saturated heterocycles. The Morgan fingerprint density at radius 2 is 1.67 bits per heavy atom. The highest BCUT2D eigenvalue weighted by Crippen LogP contribution is 2.63. The molecule has 0 heterocycles. The van der Waals surface area contributed by atoms with E-state index in [1.165, 1.54) is 12.1 Å². The minimum Gasteiger partial charge on any atom is -0.481 e. The number of hydrogen-bond donors (Lipinski definition) is 2. The van der Waals surface area contributed by atoms with Gasteiger partial charge in [0.2, 0.25) is 0 Å². The van der Waals surface area contributed by atoms with Crippen molar-refractivity contribution in [1.82, 2.24) is 0 Å². The quantitative estimate of drug-likeness (QED) is 0.864. The van der Waals surface area contributed by atoms with Crippen LogP contribution in [-0.2, 0) is 14.6 Å². The Bertz CT molecular complexity index is 858. The molecule has 0 aliphatic heterocycles. The van der Waals surface area contributed by atoms with Crippen LogP contribution in [0.3, 0.4) is 0 Å². The molecule has 2 N–H and O–H groups in total. The fraction of sp³-hybridized carbons (Fsp3) is 0.278. The number of sulfone groups is 1. The Morgan fingerprint density at radius 3 is 2.17 bits per heavy atom. The van der Waals surface area contributed by atoms with Gasteiger partial charge in [-0.3, -0.25) is 4.79 Å². The summed E-state index contributed by atoms with van der Waals surface area (Å²) in [6.07, 6.45) is 0. The molecule has 5 nitrogen and oxygen atoms in total. The van der Waals surface area contributed by atoms with Gasteiger partial charge in [0.25, 0.3) is 0 Å². The third-order valence-corrected chi connectivity index (χ3v) is 7.05. The van der Waals surface area contributed by atoms with Crippen LogP contribution in [0.15, 0.2) is 59.5 Å². The number of benzene rings is 2. The monoisotopic (exact) mass is 346 g/mol. The number of carboxylic acid groups (broad SMARTS) is 1. The van der Waals surface area contributed by atoms with E-state index in [0.29, 0.717) is 5.56 Å². The predicted molar refractivity (Wildman–Crippen MR) is 88.5 cm³/mol. The molecule has 3 rings (SSSR count). The molecule has 2 aromatic carbocycles. The molecule has 6 heteroatoms. The van der Waals surface area contributed by atoms with Gasteiger partial charge < -0.3 is 10.2 Å². The molecule has 0 aromatic heterocycles. The summed E-state index contributed by atoms with van der Waals surface area (Å²) < 4.78 is 26.0. The number of rotatable bonds is 5. The topological polar surface area (TPSA) is 91.7 Å². The molecule has 126 valence electrons. The van der Waals surface area contributed by atoms with Crippen LogP contribution in [0, 0.1) is 12.3 Å². The Morgan fingerprint density at radius 1 is 1.08 bits per heavy atom. The first-order chi connectivity index (χ1) is 11.4. The van der Waals surface area contributed by atoms with E-state index in [1.54, 1.807) is 42.5 Å². The third-order valence-electron chi connectivity index (χ3n) is 4.76. The molecule has 0 spiro atoms. The third kappa shape index (κ3) is 2.34. The molecule has 1 aliphatic carbocycles. The number of aliphatic hydroxyl groups excluding tert-OH is 1. The predicted octanol–water partition coefficient (Wildman–Crippen LogP) is 2.00. The number of carbonyl (C=O) groups is 1. The average molecular weight is 346 g/mol. The molecular weight excluding hydrogens is 328 g/mol. The zero-order chi connectivity index (χ0) is 17.5. The van der Waals surface area contributed by atoms with Crippen LogP contribution in [-0.4, -0.2) is 36.5 Å². The van der Waals surface area contributed by atoms with Gasteiger partial charge in [-0.1, -0.05) is 48.0 Å². The van der Waals surface area contributed by atoms with E-state index >= 15 is 0 Å². The van der Waals surface area contributed by atoms with Crippen molar-refractivity contribution in [3.63, 3.8) is 0 Å². The highest BCUT2D eigenvalue weighted by Gasteiger charge is 2.75. The maximum atomic E-state index is 13.0. The van der Waals surface area contributed by atoms with Crippen LogP contribution in [0.2, 0.25) is 0 Å². The smallest absolute Gasteiger partial charge is 0.314 e. The van der Waals surface area contributed by atoms with Crippen LogP contribution >= 0.6 is 0 Å². The van der Waals surface area contributed by atoms with Crippen molar-refractivity contribution in [3.05, 3.63) is 65.7 Å². The first-order valence-corrected chi connectivity index (χ1v) is 9.10. The zero-order valence-corrected chi connectivity index (χ0v) is 13.9. The van der Waals surface area contributed by atoms with Gasteiger partial charge in [-0.05, 0) is 24.6 Å². The van der Waals surface area contributed by atoms with E-state index in [4.69, 9.17) is 0 Å². The Kier molecular flexibility index (Phi) is 3.97.